The molecule has 5 N–H and O–H groups in total. The average Bonchev–Trinajstić information content (AvgIpc) is 2.57. The summed E-state index contributed by atoms with van der Waals surface area (Å²) < 4.78 is 55.1. The fourth-order valence-corrected chi connectivity index (χ4v) is 2.72. The van der Waals surface area contributed by atoms with Crippen LogP contribution in [0.5, 0.6) is 5.75 Å². The van der Waals surface area contributed by atoms with E-state index in [0.29, 0.717) is 0 Å². The average molecular weight is 410 g/mol. The van der Waals surface area contributed by atoms with Crippen molar-refractivity contribution in [3.05, 3.63) is 29.8 Å². The lowest BCUT2D eigenvalue weighted by atomic mass is 9.88. The van der Waals surface area contributed by atoms with Crippen LogP contribution in [0.2, 0.25) is 0 Å². The summed E-state index contributed by atoms with van der Waals surface area (Å²) in [6.45, 7) is 2.67. The van der Waals surface area contributed by atoms with Gasteiger partial charge >= 0.3 is 6.36 Å². The van der Waals surface area contributed by atoms with Gasteiger partial charge < -0.3 is 15.6 Å². The van der Waals surface area contributed by atoms with E-state index in [0.717, 1.165) is 6.07 Å². The lowest BCUT2D eigenvalue weighted by molar-refractivity contribution is -0.274. The first-order chi connectivity index (χ1) is 12.8. The number of carbonyl (C=O) groups is 1. The summed E-state index contributed by atoms with van der Waals surface area (Å²) in [6.07, 6.45) is -6.42. The topological polar surface area (TPSA) is 105 Å². The monoisotopic (exact) mass is 410 g/mol. The summed E-state index contributed by atoms with van der Waals surface area (Å²) in [7, 11) is 0. The molecule has 0 aliphatic heterocycles. The zero-order valence-corrected chi connectivity index (χ0v) is 15.7. The molecular formula is C18H26F4N2O4. The van der Waals surface area contributed by atoms with Gasteiger partial charge in [-0.1, -0.05) is 18.2 Å². The molecule has 10 heteroatoms. The van der Waals surface area contributed by atoms with Crippen molar-refractivity contribution in [1.29, 1.82) is 0 Å². The number of hydrogen-bond donors (Lipinski definition) is 4. The molecule has 1 rings (SSSR count). The molecule has 1 aromatic rings. The van der Waals surface area contributed by atoms with E-state index < -0.39 is 41.8 Å². The van der Waals surface area contributed by atoms with E-state index in [1.165, 1.54) is 37.5 Å². The van der Waals surface area contributed by atoms with Crippen LogP contribution in [0.25, 0.3) is 0 Å². The molecule has 3 unspecified atom stereocenters. The number of para-hydroxylation sites is 1. The molecule has 1 aromatic carbocycles. The molecule has 0 saturated carbocycles. The molecule has 0 fully saturated rings. The van der Waals surface area contributed by atoms with Gasteiger partial charge in [0.05, 0.1) is 6.10 Å². The zero-order valence-electron chi connectivity index (χ0n) is 15.7. The molecular weight excluding hydrogens is 384 g/mol. The second-order valence-corrected chi connectivity index (χ2v) is 7.26. The minimum atomic E-state index is -4.87. The molecule has 3 atom stereocenters. The van der Waals surface area contributed by atoms with Crippen LogP contribution < -0.4 is 16.0 Å². The first-order valence-electron chi connectivity index (χ1n) is 8.72. The predicted molar refractivity (Wildman–Crippen MR) is 93.3 cm³/mol. The summed E-state index contributed by atoms with van der Waals surface area (Å²) in [5, 5.41) is 19.1. The van der Waals surface area contributed by atoms with Gasteiger partial charge in [0.25, 0.3) is 0 Å². The van der Waals surface area contributed by atoms with E-state index in [9.17, 15) is 27.5 Å². The van der Waals surface area contributed by atoms with Crippen molar-refractivity contribution < 1.29 is 37.4 Å². The Balaban J connectivity index is 2.80. The van der Waals surface area contributed by atoms with Gasteiger partial charge in [0.15, 0.2) is 0 Å². The molecule has 160 valence electrons. The molecule has 0 spiro atoms. The minimum absolute atomic E-state index is 0.00923. The van der Waals surface area contributed by atoms with Gasteiger partial charge in [0, 0.05) is 12.0 Å². The molecule has 0 aliphatic carbocycles. The molecule has 0 aliphatic rings. The maximum Gasteiger partial charge on any atom is 0.573 e. The van der Waals surface area contributed by atoms with Crippen LogP contribution in [0, 0.1) is 5.92 Å². The smallest absolute Gasteiger partial charge is 0.406 e. The number of nitrogens with one attached hydrogen (secondary N) is 1. The quantitative estimate of drug-likeness (QED) is 0.270. The summed E-state index contributed by atoms with van der Waals surface area (Å²) in [5.41, 5.74) is 5.96. The molecule has 1 amide bonds. The van der Waals surface area contributed by atoms with E-state index in [2.05, 4.69) is 4.74 Å². The minimum Gasteiger partial charge on any atom is -0.406 e. The zero-order chi connectivity index (χ0) is 21.5. The molecule has 6 nitrogen and oxygen atoms in total. The van der Waals surface area contributed by atoms with Crippen LogP contribution in [0.3, 0.4) is 0 Å². The highest BCUT2D eigenvalue weighted by molar-refractivity contribution is 5.77. The second kappa shape index (κ2) is 10.0. The summed E-state index contributed by atoms with van der Waals surface area (Å²) in [5.74, 6) is -2.14. The van der Waals surface area contributed by atoms with Gasteiger partial charge in [-0.25, -0.2) is 9.87 Å². The van der Waals surface area contributed by atoms with Crippen LogP contribution in [0.15, 0.2) is 24.3 Å². The number of alkyl halides is 4. The third-order valence-corrected chi connectivity index (χ3v) is 4.24. The molecule has 0 aromatic heterocycles. The number of halogens is 4. The first kappa shape index (κ1) is 24.1. The maximum atomic E-state index is 13.7. The predicted octanol–water partition coefficient (Wildman–Crippen LogP) is 2.86. The number of carbonyl (C=O) groups excluding carboxylic acids is 1. The van der Waals surface area contributed by atoms with Gasteiger partial charge in [-0.2, -0.15) is 0 Å². The molecule has 0 bridgehead atoms. The van der Waals surface area contributed by atoms with Crippen molar-refractivity contribution in [3.8, 4) is 5.75 Å². The molecule has 28 heavy (non-hydrogen) atoms. The van der Waals surface area contributed by atoms with Gasteiger partial charge in [-0.05, 0) is 51.2 Å². The van der Waals surface area contributed by atoms with Crippen molar-refractivity contribution in [3.63, 3.8) is 0 Å². The Hall–Kier alpha value is -1.91. The van der Waals surface area contributed by atoms with Crippen LogP contribution in [0.4, 0.5) is 17.6 Å². The Labute approximate surface area is 160 Å². The van der Waals surface area contributed by atoms with Gasteiger partial charge in [-0.15, -0.1) is 13.2 Å². The summed E-state index contributed by atoms with van der Waals surface area (Å²) in [4.78, 5) is 11.8. The number of hydroxylamine groups is 1. The van der Waals surface area contributed by atoms with Gasteiger partial charge in [0.1, 0.15) is 11.4 Å². The Morgan fingerprint density at radius 3 is 2.39 bits per heavy atom. The maximum absolute atomic E-state index is 13.7. The summed E-state index contributed by atoms with van der Waals surface area (Å²) >= 11 is 0. The normalized spacial score (nSPS) is 15.6. The lowest BCUT2D eigenvalue weighted by Gasteiger charge is -2.25. The number of ether oxygens (including phenoxy) is 1. The summed E-state index contributed by atoms with van der Waals surface area (Å²) in [6, 6.07) is 4.38. The van der Waals surface area contributed by atoms with E-state index in [1.54, 1.807) is 0 Å². The molecule has 0 heterocycles. The SMILES string of the molecule is CC(C)(F)CCC(CC(O)C(N)Cc1ccccc1OC(F)(F)F)C(=O)NO. The Kier molecular flexibility index (Phi) is 8.65. The van der Waals surface area contributed by atoms with E-state index >= 15 is 0 Å². The fourth-order valence-electron chi connectivity index (χ4n) is 2.72. The van der Waals surface area contributed by atoms with Crippen molar-refractivity contribution in [2.75, 3.05) is 0 Å². The lowest BCUT2D eigenvalue weighted by Crippen LogP contribution is -2.41. The van der Waals surface area contributed by atoms with Crippen molar-refractivity contribution in [2.24, 2.45) is 11.7 Å². The fraction of sp³-hybridized carbons (Fsp3) is 0.611. The molecule has 0 saturated heterocycles. The van der Waals surface area contributed by atoms with E-state index in [4.69, 9.17) is 10.9 Å². The van der Waals surface area contributed by atoms with Crippen LogP contribution >= 0.6 is 0 Å². The highest BCUT2D eigenvalue weighted by Crippen LogP contribution is 2.28. The highest BCUT2D eigenvalue weighted by atomic mass is 19.4. The van der Waals surface area contributed by atoms with Crippen LogP contribution in [-0.4, -0.2) is 40.4 Å². The van der Waals surface area contributed by atoms with E-state index in [1.807, 2.05) is 0 Å². The third-order valence-electron chi connectivity index (χ3n) is 4.24. The van der Waals surface area contributed by atoms with Crippen molar-refractivity contribution >= 4 is 5.91 Å². The number of rotatable bonds is 10. The van der Waals surface area contributed by atoms with Crippen molar-refractivity contribution in [2.45, 2.75) is 63.7 Å². The van der Waals surface area contributed by atoms with Crippen LogP contribution in [-0.2, 0) is 11.2 Å². The van der Waals surface area contributed by atoms with Crippen LogP contribution in [0.1, 0.15) is 38.7 Å². The third kappa shape index (κ3) is 8.85. The number of nitrogens with two attached hydrogens (primary N) is 1. The standard InChI is InChI=1S/C18H26F4N2O4/c1-17(2,19)8-7-12(16(26)24-27)10-14(25)13(23)9-11-5-3-4-6-15(11)28-18(20,21)22/h3-6,12-14,25,27H,7-10,23H2,1-2H3,(H,24,26). The number of aliphatic hydroxyl groups excluding tert-OH is 1. The number of benzene rings is 1. The van der Waals surface area contributed by atoms with Gasteiger partial charge in [0.2, 0.25) is 5.91 Å². The van der Waals surface area contributed by atoms with E-state index in [-0.39, 0.29) is 31.2 Å². The Morgan fingerprint density at radius 1 is 1.25 bits per heavy atom. The first-order valence-corrected chi connectivity index (χ1v) is 8.72. The second-order valence-electron chi connectivity index (χ2n) is 7.26. The van der Waals surface area contributed by atoms with Gasteiger partial charge in [-0.3, -0.25) is 10.0 Å². The number of aliphatic hydroxyl groups is 1. The van der Waals surface area contributed by atoms with Crippen molar-refractivity contribution in [1.82, 2.24) is 5.48 Å². The Morgan fingerprint density at radius 2 is 1.86 bits per heavy atom. The number of amides is 1. The number of hydrogen-bond acceptors (Lipinski definition) is 5. The highest BCUT2D eigenvalue weighted by Gasteiger charge is 2.33. The molecule has 0 radical (unpaired) electrons. The Bertz CT molecular complexity index is 635. The largest absolute Gasteiger partial charge is 0.573 e.